The van der Waals surface area contributed by atoms with Crippen LogP contribution >= 0.6 is 11.6 Å². The van der Waals surface area contributed by atoms with Gasteiger partial charge in [0.2, 0.25) is 0 Å². The molecule has 1 aromatic rings. The van der Waals surface area contributed by atoms with Crippen LogP contribution < -0.4 is 16.2 Å². The molecule has 1 atom stereocenters. The third kappa shape index (κ3) is 3.94. The summed E-state index contributed by atoms with van der Waals surface area (Å²) in [6.07, 6.45) is 5.03. The number of hydrogen-bond acceptors (Lipinski definition) is 5. The van der Waals surface area contributed by atoms with Crippen LogP contribution in [-0.2, 0) is 11.3 Å². The van der Waals surface area contributed by atoms with Crippen LogP contribution in [-0.4, -0.2) is 42.6 Å². The molecule has 2 rings (SSSR count). The van der Waals surface area contributed by atoms with Crippen LogP contribution in [0, 0.1) is 0 Å². The van der Waals surface area contributed by atoms with Crippen LogP contribution in [0.5, 0.6) is 0 Å². The molecule has 1 fully saturated rings. The molecular formula is C13H21ClN4O2. The van der Waals surface area contributed by atoms with E-state index in [0.29, 0.717) is 18.8 Å². The van der Waals surface area contributed by atoms with Gasteiger partial charge >= 0.3 is 0 Å². The Labute approximate surface area is 123 Å². The number of halogens is 1. The Morgan fingerprint density at radius 1 is 1.60 bits per heavy atom. The molecule has 0 aliphatic carbocycles. The SMILES string of the molecule is COCCn1ncc(NC2CCCCNC2)c(Cl)c1=O. The number of hydrogen-bond donors (Lipinski definition) is 2. The number of nitrogens with one attached hydrogen (secondary N) is 2. The van der Waals surface area contributed by atoms with Gasteiger partial charge in [-0.1, -0.05) is 18.0 Å². The number of anilines is 1. The molecule has 0 aromatic carbocycles. The van der Waals surface area contributed by atoms with Crippen LogP contribution in [0.15, 0.2) is 11.0 Å². The van der Waals surface area contributed by atoms with Crippen molar-refractivity contribution < 1.29 is 4.74 Å². The fourth-order valence-corrected chi connectivity index (χ4v) is 2.47. The zero-order valence-electron chi connectivity index (χ0n) is 11.7. The van der Waals surface area contributed by atoms with Crippen molar-refractivity contribution in [3.63, 3.8) is 0 Å². The second-order valence-corrected chi connectivity index (χ2v) is 5.31. The molecular weight excluding hydrogens is 280 g/mol. The minimum Gasteiger partial charge on any atom is -0.383 e. The smallest absolute Gasteiger partial charge is 0.287 e. The molecule has 6 nitrogen and oxygen atoms in total. The molecule has 7 heteroatoms. The van der Waals surface area contributed by atoms with E-state index in [1.807, 2.05) is 0 Å². The highest BCUT2D eigenvalue weighted by Gasteiger charge is 2.15. The van der Waals surface area contributed by atoms with Crippen molar-refractivity contribution in [3.8, 4) is 0 Å². The van der Waals surface area contributed by atoms with Crippen molar-refractivity contribution in [1.29, 1.82) is 0 Å². The fraction of sp³-hybridized carbons (Fsp3) is 0.692. The van der Waals surface area contributed by atoms with Gasteiger partial charge in [0.1, 0.15) is 5.02 Å². The monoisotopic (exact) mass is 300 g/mol. The fourth-order valence-electron chi connectivity index (χ4n) is 2.26. The maximum absolute atomic E-state index is 12.1. The highest BCUT2D eigenvalue weighted by atomic mass is 35.5. The average Bonchev–Trinajstić information content (AvgIpc) is 2.72. The number of aromatic nitrogens is 2. The van der Waals surface area contributed by atoms with Crippen molar-refractivity contribution in [2.24, 2.45) is 0 Å². The summed E-state index contributed by atoms with van der Waals surface area (Å²) >= 11 is 6.14. The van der Waals surface area contributed by atoms with E-state index in [4.69, 9.17) is 16.3 Å². The number of methoxy groups -OCH3 is 1. The minimum absolute atomic E-state index is 0.195. The van der Waals surface area contributed by atoms with E-state index in [9.17, 15) is 4.79 Å². The lowest BCUT2D eigenvalue weighted by Crippen LogP contribution is -2.32. The van der Waals surface area contributed by atoms with E-state index in [-0.39, 0.29) is 16.6 Å². The van der Waals surface area contributed by atoms with Gasteiger partial charge in [0, 0.05) is 19.7 Å². The molecule has 1 aliphatic rings. The Hall–Kier alpha value is -1.11. The summed E-state index contributed by atoms with van der Waals surface area (Å²) in [5.41, 5.74) is 0.328. The Kier molecular flexibility index (Phi) is 5.82. The molecule has 0 amide bonds. The summed E-state index contributed by atoms with van der Waals surface area (Å²) in [6.45, 7) is 2.76. The molecule has 0 radical (unpaired) electrons. The first-order chi connectivity index (χ1) is 9.72. The second kappa shape index (κ2) is 7.61. The van der Waals surface area contributed by atoms with Crippen LogP contribution in [0.3, 0.4) is 0 Å². The standard InChI is InChI=1S/C13H21ClN4O2/c1-20-7-6-18-13(19)12(14)11(9-16-18)17-10-4-2-3-5-15-8-10/h9-10,15,17H,2-8H2,1H3. The van der Waals surface area contributed by atoms with E-state index in [1.54, 1.807) is 13.3 Å². The van der Waals surface area contributed by atoms with E-state index in [1.165, 1.54) is 17.5 Å². The van der Waals surface area contributed by atoms with E-state index < -0.39 is 0 Å². The Morgan fingerprint density at radius 3 is 3.25 bits per heavy atom. The van der Waals surface area contributed by atoms with E-state index in [2.05, 4.69) is 15.7 Å². The predicted molar refractivity (Wildman–Crippen MR) is 79.5 cm³/mol. The van der Waals surface area contributed by atoms with Gasteiger partial charge in [0.25, 0.3) is 5.56 Å². The van der Waals surface area contributed by atoms with E-state index >= 15 is 0 Å². The topological polar surface area (TPSA) is 68.2 Å². The van der Waals surface area contributed by atoms with Crippen molar-refractivity contribution in [1.82, 2.24) is 15.1 Å². The van der Waals surface area contributed by atoms with Gasteiger partial charge < -0.3 is 15.4 Å². The van der Waals surface area contributed by atoms with Gasteiger partial charge in [-0.05, 0) is 19.4 Å². The molecule has 1 unspecified atom stereocenters. The number of ether oxygens (including phenoxy) is 1. The first kappa shape index (κ1) is 15.3. The zero-order valence-corrected chi connectivity index (χ0v) is 12.4. The summed E-state index contributed by atoms with van der Waals surface area (Å²) in [5.74, 6) is 0. The van der Waals surface area contributed by atoms with Crippen molar-refractivity contribution in [2.75, 3.05) is 32.1 Å². The maximum atomic E-state index is 12.1. The first-order valence-electron chi connectivity index (χ1n) is 6.94. The summed E-state index contributed by atoms with van der Waals surface area (Å²) in [7, 11) is 1.58. The molecule has 0 bridgehead atoms. The molecule has 1 saturated heterocycles. The maximum Gasteiger partial charge on any atom is 0.287 e. The van der Waals surface area contributed by atoms with Crippen LogP contribution in [0.25, 0.3) is 0 Å². The van der Waals surface area contributed by atoms with Crippen molar-refractivity contribution in [3.05, 3.63) is 21.6 Å². The van der Waals surface area contributed by atoms with Gasteiger partial charge in [0.15, 0.2) is 0 Å². The van der Waals surface area contributed by atoms with Gasteiger partial charge in [-0.15, -0.1) is 0 Å². The van der Waals surface area contributed by atoms with Crippen molar-refractivity contribution >= 4 is 17.3 Å². The molecule has 0 spiro atoms. The van der Waals surface area contributed by atoms with Gasteiger partial charge in [0.05, 0.1) is 25.0 Å². The van der Waals surface area contributed by atoms with Gasteiger partial charge in [-0.3, -0.25) is 4.79 Å². The summed E-state index contributed by atoms with van der Waals surface area (Å²) in [5, 5.41) is 11.0. The average molecular weight is 301 g/mol. The normalized spacial score (nSPS) is 19.6. The Bertz CT molecular complexity index is 484. The number of nitrogens with zero attached hydrogens (tertiary/aromatic N) is 2. The molecule has 112 valence electrons. The lowest BCUT2D eigenvalue weighted by Gasteiger charge is -2.18. The quantitative estimate of drug-likeness (QED) is 0.852. The molecule has 1 aliphatic heterocycles. The van der Waals surface area contributed by atoms with Gasteiger partial charge in [-0.25, -0.2) is 4.68 Å². The Morgan fingerprint density at radius 2 is 2.45 bits per heavy atom. The Balaban J connectivity index is 2.08. The number of rotatable bonds is 5. The second-order valence-electron chi connectivity index (χ2n) is 4.93. The first-order valence-corrected chi connectivity index (χ1v) is 7.32. The lowest BCUT2D eigenvalue weighted by molar-refractivity contribution is 0.182. The van der Waals surface area contributed by atoms with Gasteiger partial charge in [-0.2, -0.15) is 5.10 Å². The largest absolute Gasteiger partial charge is 0.383 e. The minimum atomic E-state index is -0.282. The predicted octanol–water partition coefficient (Wildman–Crippen LogP) is 1.10. The van der Waals surface area contributed by atoms with Crippen molar-refractivity contribution in [2.45, 2.75) is 31.8 Å². The summed E-state index contributed by atoms with van der Waals surface area (Å²) in [6, 6.07) is 0.283. The van der Waals surface area contributed by atoms with Crippen LogP contribution in [0.4, 0.5) is 5.69 Å². The highest BCUT2D eigenvalue weighted by Crippen LogP contribution is 2.18. The third-order valence-electron chi connectivity index (χ3n) is 3.40. The zero-order chi connectivity index (χ0) is 14.4. The molecule has 1 aromatic heterocycles. The highest BCUT2D eigenvalue weighted by molar-refractivity contribution is 6.32. The molecule has 2 N–H and O–H groups in total. The summed E-state index contributed by atoms with van der Waals surface area (Å²) < 4.78 is 6.26. The van der Waals surface area contributed by atoms with E-state index in [0.717, 1.165) is 19.5 Å². The molecule has 0 saturated carbocycles. The van der Waals surface area contributed by atoms with Crippen LogP contribution in [0.1, 0.15) is 19.3 Å². The third-order valence-corrected chi connectivity index (χ3v) is 3.76. The summed E-state index contributed by atoms with van der Waals surface area (Å²) in [4.78, 5) is 12.1. The molecule has 2 heterocycles. The van der Waals surface area contributed by atoms with Crippen LogP contribution in [0.2, 0.25) is 5.02 Å². The molecule has 20 heavy (non-hydrogen) atoms. The lowest BCUT2D eigenvalue weighted by atomic mass is 10.1.